The second kappa shape index (κ2) is 13.7. The molecule has 0 saturated heterocycles. The molecule has 0 amide bonds. The molecule has 36 heavy (non-hydrogen) atoms. The summed E-state index contributed by atoms with van der Waals surface area (Å²) in [5, 5.41) is 0. The highest BCUT2D eigenvalue weighted by atomic mass is 19.2. The fraction of sp³-hybridized carbons (Fsp3) is 1.00. The van der Waals surface area contributed by atoms with Crippen molar-refractivity contribution in [2.75, 3.05) is 0 Å². The van der Waals surface area contributed by atoms with Crippen molar-refractivity contribution in [1.82, 2.24) is 0 Å². The minimum Gasteiger partial charge on any atom is -0.244 e. The standard InChI is InChI=1S/C32H54F4/c1-3-4-5-6-22-8-14-24(15-9-22)27-19-20-28(32(36)31(27)35)25-16-10-23(11-17-25)12-18-26-13-7-21(2)29(33)30(26)34/h21-32H,3-20H2,1-2H3/t21?,22?,23?,24?,25?,26?,27?,28?,29?,30?,31?,32-/m0/s1. The molecule has 4 rings (SSSR count). The van der Waals surface area contributed by atoms with Crippen molar-refractivity contribution in [3.8, 4) is 0 Å². The lowest BCUT2D eigenvalue weighted by Crippen LogP contribution is -2.45. The zero-order valence-electron chi connectivity index (χ0n) is 23.2. The molecule has 7 unspecified atom stereocenters. The van der Waals surface area contributed by atoms with Crippen LogP contribution in [-0.4, -0.2) is 24.7 Å². The minimum atomic E-state index is -1.30. The lowest BCUT2D eigenvalue weighted by Gasteiger charge is -2.45. The zero-order valence-corrected chi connectivity index (χ0v) is 23.2. The molecule has 0 radical (unpaired) electrons. The average Bonchev–Trinajstić information content (AvgIpc) is 2.89. The van der Waals surface area contributed by atoms with Crippen LogP contribution in [0.1, 0.15) is 129 Å². The molecule has 0 N–H and O–H groups in total. The molecule has 0 nitrogen and oxygen atoms in total. The first-order chi connectivity index (χ1) is 17.4. The Hall–Kier alpha value is -0.280. The largest absolute Gasteiger partial charge is 0.244 e. The van der Waals surface area contributed by atoms with Crippen LogP contribution in [0.3, 0.4) is 0 Å². The zero-order chi connectivity index (χ0) is 25.7. The first-order valence-electron chi connectivity index (χ1n) is 15.9. The van der Waals surface area contributed by atoms with Gasteiger partial charge in [0.2, 0.25) is 0 Å². The number of hydrogen-bond donors (Lipinski definition) is 0. The second-order valence-corrected chi connectivity index (χ2v) is 13.6. The third-order valence-corrected chi connectivity index (χ3v) is 11.4. The van der Waals surface area contributed by atoms with Crippen LogP contribution in [0, 0.1) is 47.3 Å². The van der Waals surface area contributed by atoms with E-state index in [0.29, 0.717) is 17.8 Å². The van der Waals surface area contributed by atoms with Crippen LogP contribution in [0.25, 0.3) is 0 Å². The molecule has 4 aliphatic rings. The van der Waals surface area contributed by atoms with Crippen LogP contribution in [0.4, 0.5) is 17.6 Å². The van der Waals surface area contributed by atoms with Gasteiger partial charge in [0, 0.05) is 0 Å². The van der Waals surface area contributed by atoms with Crippen LogP contribution in [0.2, 0.25) is 0 Å². The molecule has 0 aliphatic heterocycles. The summed E-state index contributed by atoms with van der Waals surface area (Å²) in [6.07, 6.45) is 13.9. The van der Waals surface area contributed by atoms with Crippen molar-refractivity contribution < 1.29 is 17.6 Å². The number of hydrogen-bond acceptors (Lipinski definition) is 0. The highest BCUT2D eigenvalue weighted by molar-refractivity contribution is 4.95. The van der Waals surface area contributed by atoms with Gasteiger partial charge in [-0.25, -0.2) is 17.6 Å². The number of halogens is 4. The van der Waals surface area contributed by atoms with E-state index in [2.05, 4.69) is 6.92 Å². The summed E-state index contributed by atoms with van der Waals surface area (Å²) in [6.45, 7) is 4.07. The van der Waals surface area contributed by atoms with Crippen LogP contribution >= 0.6 is 0 Å². The summed E-state index contributed by atoms with van der Waals surface area (Å²) < 4.78 is 59.4. The van der Waals surface area contributed by atoms with Crippen LogP contribution in [0.15, 0.2) is 0 Å². The first-order valence-corrected chi connectivity index (χ1v) is 15.9. The van der Waals surface area contributed by atoms with Crippen LogP contribution < -0.4 is 0 Å². The van der Waals surface area contributed by atoms with E-state index < -0.39 is 24.7 Å². The lowest BCUT2D eigenvalue weighted by atomic mass is 9.63. The normalized spacial score (nSPS) is 46.5. The SMILES string of the molecule is CCCCCC1CCC(C2CCC(C3CCC(CCC4CCC(C)C(F)C4F)CC3)[C@H](F)C2F)CC1. The van der Waals surface area contributed by atoms with E-state index in [1.807, 2.05) is 6.92 Å². The molecule has 4 heteroatoms. The topological polar surface area (TPSA) is 0 Å². The quantitative estimate of drug-likeness (QED) is 0.212. The van der Waals surface area contributed by atoms with Gasteiger partial charge in [0.05, 0.1) is 0 Å². The summed E-state index contributed by atoms with van der Waals surface area (Å²) in [7, 11) is 0. The van der Waals surface area contributed by atoms with E-state index in [9.17, 15) is 8.78 Å². The van der Waals surface area contributed by atoms with E-state index in [4.69, 9.17) is 0 Å². The van der Waals surface area contributed by atoms with Gasteiger partial charge in [0.25, 0.3) is 0 Å². The second-order valence-electron chi connectivity index (χ2n) is 13.6. The molecule has 0 bridgehead atoms. The van der Waals surface area contributed by atoms with E-state index >= 15 is 8.78 Å². The van der Waals surface area contributed by atoms with Crippen molar-refractivity contribution in [1.29, 1.82) is 0 Å². The predicted octanol–water partition coefficient (Wildman–Crippen LogP) is 10.4. The van der Waals surface area contributed by atoms with Crippen molar-refractivity contribution in [2.45, 2.75) is 154 Å². The molecule has 0 heterocycles. The van der Waals surface area contributed by atoms with Gasteiger partial charge in [-0.1, -0.05) is 71.6 Å². The summed E-state index contributed by atoms with van der Waals surface area (Å²) in [5.74, 6) is 1.62. The van der Waals surface area contributed by atoms with Crippen molar-refractivity contribution in [3.63, 3.8) is 0 Å². The summed E-state index contributed by atoms with van der Waals surface area (Å²) >= 11 is 0. The molecule has 8 atom stereocenters. The molecule has 210 valence electrons. The molecule has 0 aromatic carbocycles. The van der Waals surface area contributed by atoms with Gasteiger partial charge in [0.1, 0.15) is 24.7 Å². The monoisotopic (exact) mass is 514 g/mol. The van der Waals surface area contributed by atoms with E-state index in [1.54, 1.807) is 0 Å². The maximum atomic E-state index is 15.5. The Kier molecular flexibility index (Phi) is 10.9. The Morgan fingerprint density at radius 3 is 1.56 bits per heavy atom. The van der Waals surface area contributed by atoms with E-state index in [-0.39, 0.29) is 23.7 Å². The number of unbranched alkanes of at least 4 members (excludes halogenated alkanes) is 2. The van der Waals surface area contributed by atoms with Gasteiger partial charge in [-0.15, -0.1) is 0 Å². The molecule has 0 aromatic heterocycles. The number of rotatable bonds is 9. The van der Waals surface area contributed by atoms with E-state index in [0.717, 1.165) is 83.0 Å². The third-order valence-electron chi connectivity index (χ3n) is 11.4. The number of alkyl halides is 4. The van der Waals surface area contributed by atoms with Crippen LogP contribution in [0.5, 0.6) is 0 Å². The lowest BCUT2D eigenvalue weighted by molar-refractivity contribution is -0.0374. The highest BCUT2D eigenvalue weighted by Gasteiger charge is 2.47. The van der Waals surface area contributed by atoms with Crippen molar-refractivity contribution in [3.05, 3.63) is 0 Å². The average molecular weight is 515 g/mol. The van der Waals surface area contributed by atoms with Gasteiger partial charge in [-0.05, 0) is 105 Å². The Labute approximate surface area is 219 Å². The predicted molar refractivity (Wildman–Crippen MR) is 142 cm³/mol. The maximum absolute atomic E-state index is 15.5. The molecule has 4 saturated carbocycles. The summed E-state index contributed by atoms with van der Waals surface area (Å²) in [4.78, 5) is 0. The fourth-order valence-corrected chi connectivity index (χ4v) is 8.78. The Morgan fingerprint density at radius 1 is 0.500 bits per heavy atom. The van der Waals surface area contributed by atoms with Gasteiger partial charge in [-0.3, -0.25) is 0 Å². The fourth-order valence-electron chi connectivity index (χ4n) is 8.78. The first kappa shape index (κ1) is 28.7. The molecular weight excluding hydrogens is 460 g/mol. The summed E-state index contributed by atoms with van der Waals surface area (Å²) in [6, 6.07) is 0. The van der Waals surface area contributed by atoms with Crippen molar-refractivity contribution >= 4 is 0 Å². The van der Waals surface area contributed by atoms with E-state index in [1.165, 1.54) is 38.5 Å². The molecule has 0 spiro atoms. The van der Waals surface area contributed by atoms with Gasteiger partial charge in [0.15, 0.2) is 0 Å². The Morgan fingerprint density at radius 2 is 1.03 bits per heavy atom. The molecule has 4 aliphatic carbocycles. The van der Waals surface area contributed by atoms with Crippen molar-refractivity contribution in [2.24, 2.45) is 47.3 Å². The summed E-state index contributed by atoms with van der Waals surface area (Å²) in [5.41, 5.74) is 0. The van der Waals surface area contributed by atoms with Gasteiger partial charge in [-0.2, -0.15) is 0 Å². The maximum Gasteiger partial charge on any atom is 0.134 e. The van der Waals surface area contributed by atoms with Gasteiger partial charge >= 0.3 is 0 Å². The molecular formula is C32H54F4. The molecule has 4 fully saturated rings. The van der Waals surface area contributed by atoms with Gasteiger partial charge < -0.3 is 0 Å². The third kappa shape index (κ3) is 7.02. The Balaban J connectivity index is 1.17. The molecule has 0 aromatic rings. The smallest absolute Gasteiger partial charge is 0.134 e. The highest BCUT2D eigenvalue weighted by Crippen LogP contribution is 2.49. The van der Waals surface area contributed by atoms with Crippen LogP contribution in [-0.2, 0) is 0 Å². The Bertz CT molecular complexity index is 624. The minimum absolute atomic E-state index is 0.0598.